The average molecular weight is 111 g/mol. The number of nitrogens with two attached hydrogens (primary N) is 1. The first kappa shape index (κ1) is 7.76. The molecule has 46 valence electrons. The van der Waals surface area contributed by atoms with E-state index in [2.05, 4.69) is 12.9 Å². The number of hydrogen-bond acceptors (Lipinski definition) is 1. The van der Waals surface area contributed by atoms with Gasteiger partial charge in [0.15, 0.2) is 0 Å². The van der Waals surface area contributed by atoms with Gasteiger partial charge in [0.1, 0.15) is 7.85 Å². The molecular weight excluding hydrogens is 96.9 g/mol. The van der Waals surface area contributed by atoms with Gasteiger partial charge in [-0.3, -0.25) is 0 Å². The summed E-state index contributed by atoms with van der Waals surface area (Å²) in [7, 11) is 2.03. The molecule has 0 radical (unpaired) electrons. The molecule has 0 amide bonds. The van der Waals surface area contributed by atoms with Crippen LogP contribution in [0.1, 0.15) is 20.3 Å². The predicted octanol–water partition coefficient (Wildman–Crippen LogP) is 0.261. The molecule has 1 nitrogen and oxygen atoms in total. The van der Waals surface area contributed by atoms with Crippen molar-refractivity contribution in [1.82, 2.24) is 0 Å². The molecule has 0 aromatic carbocycles. The normalized spacial score (nSPS) is 16.1. The van der Waals surface area contributed by atoms with E-state index in [1.165, 1.54) is 5.57 Å². The van der Waals surface area contributed by atoms with Gasteiger partial charge in [0.25, 0.3) is 0 Å². The molecule has 0 saturated carbocycles. The Bertz CT molecular complexity index is 86.5. The van der Waals surface area contributed by atoms with E-state index in [4.69, 9.17) is 5.73 Å². The van der Waals surface area contributed by atoms with Crippen LogP contribution in [0.4, 0.5) is 0 Å². The minimum atomic E-state index is 0.241. The smallest absolute Gasteiger partial charge is 0.129 e. The van der Waals surface area contributed by atoms with Crippen molar-refractivity contribution in [2.24, 2.45) is 5.73 Å². The summed E-state index contributed by atoms with van der Waals surface area (Å²) in [5.41, 5.74) is 6.93. The highest BCUT2D eigenvalue weighted by Gasteiger charge is 1.95. The zero-order valence-electron chi connectivity index (χ0n) is 5.94. The van der Waals surface area contributed by atoms with E-state index in [0.717, 1.165) is 6.42 Å². The molecule has 2 N–H and O–H groups in total. The van der Waals surface area contributed by atoms with Crippen LogP contribution >= 0.6 is 0 Å². The highest BCUT2D eigenvalue weighted by molar-refractivity contribution is 6.17. The second-order valence-electron chi connectivity index (χ2n) is 2.01. The van der Waals surface area contributed by atoms with Crippen molar-refractivity contribution >= 4 is 7.85 Å². The zero-order chi connectivity index (χ0) is 6.57. The van der Waals surface area contributed by atoms with Gasteiger partial charge in [-0.1, -0.05) is 12.5 Å². The molecule has 0 aliphatic rings. The first-order valence-corrected chi connectivity index (χ1v) is 3.13. The summed E-state index contributed by atoms with van der Waals surface area (Å²) in [4.78, 5) is 0. The fraction of sp³-hybridized carbons (Fsp3) is 0.667. The quantitative estimate of drug-likeness (QED) is 0.508. The third kappa shape index (κ3) is 2.17. The monoisotopic (exact) mass is 111 g/mol. The Morgan fingerprint density at radius 2 is 2.38 bits per heavy atom. The summed E-state index contributed by atoms with van der Waals surface area (Å²) in [6, 6.07) is 0.241. The summed E-state index contributed by atoms with van der Waals surface area (Å²) >= 11 is 0. The Labute approximate surface area is 52.4 Å². The third-order valence-corrected chi connectivity index (χ3v) is 1.36. The maximum Gasteiger partial charge on any atom is 0.129 e. The van der Waals surface area contributed by atoms with Crippen molar-refractivity contribution in [2.45, 2.75) is 26.3 Å². The fourth-order valence-corrected chi connectivity index (χ4v) is 0.789. The minimum Gasteiger partial charge on any atom is -0.324 e. The topological polar surface area (TPSA) is 26.0 Å². The molecule has 0 aromatic heterocycles. The Balaban J connectivity index is 3.72. The molecule has 0 fully saturated rings. The highest BCUT2D eigenvalue weighted by Crippen LogP contribution is 2.01. The fourth-order valence-electron chi connectivity index (χ4n) is 0.789. The first-order chi connectivity index (χ1) is 3.72. The molecule has 0 rings (SSSR count). The molecule has 1 unspecified atom stereocenters. The maximum atomic E-state index is 5.59. The molecule has 0 aromatic rings. The first-order valence-electron chi connectivity index (χ1n) is 3.13. The van der Waals surface area contributed by atoms with Crippen LogP contribution < -0.4 is 5.73 Å². The van der Waals surface area contributed by atoms with Crippen molar-refractivity contribution in [2.75, 3.05) is 0 Å². The van der Waals surface area contributed by atoms with Crippen LogP contribution in [-0.4, -0.2) is 13.9 Å². The lowest BCUT2D eigenvalue weighted by Crippen LogP contribution is -2.17. The second-order valence-corrected chi connectivity index (χ2v) is 2.01. The van der Waals surface area contributed by atoms with Gasteiger partial charge >= 0.3 is 0 Å². The molecule has 0 saturated heterocycles. The van der Waals surface area contributed by atoms with Gasteiger partial charge in [-0.25, -0.2) is 0 Å². The maximum absolute atomic E-state index is 5.59. The summed E-state index contributed by atoms with van der Waals surface area (Å²) in [5.74, 6) is 2.09. The van der Waals surface area contributed by atoms with Gasteiger partial charge in [-0.15, -0.1) is 5.98 Å². The lowest BCUT2D eigenvalue weighted by Gasteiger charge is -2.06. The largest absolute Gasteiger partial charge is 0.324 e. The van der Waals surface area contributed by atoms with Crippen molar-refractivity contribution in [3.05, 3.63) is 11.5 Å². The van der Waals surface area contributed by atoms with E-state index in [-0.39, 0.29) is 6.04 Å². The summed E-state index contributed by atoms with van der Waals surface area (Å²) in [5, 5.41) is 0. The van der Waals surface area contributed by atoms with Gasteiger partial charge in [-0.05, 0) is 13.3 Å². The molecule has 0 heterocycles. The third-order valence-electron chi connectivity index (χ3n) is 1.36. The van der Waals surface area contributed by atoms with E-state index in [9.17, 15) is 0 Å². The summed E-state index contributed by atoms with van der Waals surface area (Å²) in [6.07, 6.45) is 1.08. The Morgan fingerprint density at radius 3 is 2.38 bits per heavy atom. The summed E-state index contributed by atoms with van der Waals surface area (Å²) in [6.45, 7) is 4.14. The van der Waals surface area contributed by atoms with E-state index in [1.54, 1.807) is 0 Å². The van der Waals surface area contributed by atoms with Crippen LogP contribution in [0.3, 0.4) is 0 Å². The molecule has 2 heteroatoms. The van der Waals surface area contributed by atoms with Gasteiger partial charge in [0, 0.05) is 6.04 Å². The van der Waals surface area contributed by atoms with Crippen molar-refractivity contribution < 1.29 is 0 Å². The number of hydrogen-bond donors (Lipinski definition) is 1. The van der Waals surface area contributed by atoms with Crippen LogP contribution in [0.15, 0.2) is 11.5 Å². The Morgan fingerprint density at radius 1 is 1.88 bits per heavy atom. The van der Waals surface area contributed by atoms with Crippen LogP contribution in [0, 0.1) is 0 Å². The van der Waals surface area contributed by atoms with Crippen molar-refractivity contribution in [3.63, 3.8) is 0 Å². The van der Waals surface area contributed by atoms with E-state index < -0.39 is 0 Å². The Kier molecular flexibility index (Phi) is 3.62. The molecule has 0 bridgehead atoms. The van der Waals surface area contributed by atoms with Gasteiger partial charge in [0.2, 0.25) is 0 Å². The molecule has 1 atom stereocenters. The molecule has 0 aliphatic heterocycles. The highest BCUT2D eigenvalue weighted by atomic mass is 14.6. The van der Waals surface area contributed by atoms with Crippen LogP contribution in [0.5, 0.6) is 0 Å². The second kappa shape index (κ2) is 3.73. The van der Waals surface area contributed by atoms with Gasteiger partial charge < -0.3 is 5.73 Å². The van der Waals surface area contributed by atoms with Crippen LogP contribution in [0.2, 0.25) is 0 Å². The van der Waals surface area contributed by atoms with Crippen molar-refractivity contribution in [1.29, 1.82) is 0 Å². The van der Waals surface area contributed by atoms with E-state index >= 15 is 0 Å². The lowest BCUT2D eigenvalue weighted by atomic mass is 9.98. The zero-order valence-corrected chi connectivity index (χ0v) is 5.94. The van der Waals surface area contributed by atoms with Gasteiger partial charge in [0.05, 0.1) is 0 Å². The van der Waals surface area contributed by atoms with Crippen LogP contribution in [0.25, 0.3) is 0 Å². The molecule has 8 heavy (non-hydrogen) atoms. The molecule has 0 spiro atoms. The molecule has 0 aliphatic carbocycles. The Hall–Kier alpha value is -0.235. The average Bonchev–Trinajstić information content (AvgIpc) is 1.69. The predicted molar refractivity (Wildman–Crippen MR) is 40.6 cm³/mol. The van der Waals surface area contributed by atoms with Crippen molar-refractivity contribution in [3.8, 4) is 0 Å². The summed E-state index contributed by atoms with van der Waals surface area (Å²) < 4.78 is 0. The SMILES string of the molecule is B/C=C(\CC)C(C)N. The standard InChI is InChI=1S/C6H14BN/c1-3-6(4-7)5(2)8/h4-5H,3,7-8H2,1-2H3/b6-4+. The number of rotatable bonds is 2. The van der Waals surface area contributed by atoms with Gasteiger partial charge in [-0.2, -0.15) is 0 Å². The lowest BCUT2D eigenvalue weighted by molar-refractivity contribution is 0.817. The minimum absolute atomic E-state index is 0.241. The molecular formula is C6H14BN. The van der Waals surface area contributed by atoms with Crippen LogP contribution in [-0.2, 0) is 0 Å². The van der Waals surface area contributed by atoms with E-state index in [1.807, 2.05) is 14.8 Å². The van der Waals surface area contributed by atoms with E-state index in [0.29, 0.717) is 0 Å².